The molecule has 0 bridgehead atoms. The SMILES string of the molecule is C.C=C([B]C)C(C)CC(O)CN(C)C(C)C(=C)C.C=C([B]C)C(C)CC(O)CN(C)C(C)C(=C)C. The lowest BCUT2D eigenvalue weighted by atomic mass is 9.67. The minimum absolute atomic E-state index is 0. The van der Waals surface area contributed by atoms with E-state index in [1.165, 1.54) is 0 Å². The minimum Gasteiger partial charge on any atom is -0.392 e. The van der Waals surface area contributed by atoms with E-state index >= 15 is 0 Å². The lowest BCUT2D eigenvalue weighted by molar-refractivity contribution is 0.0992. The van der Waals surface area contributed by atoms with Crippen molar-refractivity contribution in [3.63, 3.8) is 0 Å². The fraction of sp³-hybridized carbons (Fsp3) is 0.724. The largest absolute Gasteiger partial charge is 0.392 e. The number of allylic oxidation sites excluding steroid dienone is 2. The molecule has 0 saturated heterocycles. The summed E-state index contributed by atoms with van der Waals surface area (Å²) in [5, 5.41) is 20.1. The van der Waals surface area contributed by atoms with Gasteiger partial charge in [0.05, 0.1) is 12.2 Å². The van der Waals surface area contributed by atoms with Crippen LogP contribution in [-0.4, -0.2) is 86.0 Å². The van der Waals surface area contributed by atoms with Crippen LogP contribution in [0, 0.1) is 11.8 Å². The van der Waals surface area contributed by atoms with Crippen molar-refractivity contribution in [1.82, 2.24) is 9.80 Å². The van der Waals surface area contributed by atoms with E-state index in [1.807, 2.05) is 56.1 Å². The Balaban J connectivity index is -0.000000569. The lowest BCUT2D eigenvalue weighted by Gasteiger charge is -2.28. The molecule has 6 heteroatoms. The zero-order chi connectivity index (χ0) is 27.2. The Kier molecular flexibility index (Phi) is 22.0. The fourth-order valence-corrected chi connectivity index (χ4v) is 3.57. The first kappa shape index (κ1) is 38.5. The number of aliphatic hydroxyl groups excluding tert-OH is 2. The molecule has 0 aromatic rings. The molecule has 0 aromatic heterocycles. The van der Waals surface area contributed by atoms with Crippen LogP contribution in [0.25, 0.3) is 0 Å². The van der Waals surface area contributed by atoms with Gasteiger partial charge in [0.15, 0.2) is 0 Å². The van der Waals surface area contributed by atoms with E-state index in [-0.39, 0.29) is 19.6 Å². The number of rotatable bonds is 16. The molecule has 0 aliphatic rings. The molecule has 0 saturated carbocycles. The van der Waals surface area contributed by atoms with Gasteiger partial charge in [0.2, 0.25) is 0 Å². The standard InChI is InChI=1S/2C14H27BNO.CH4/c2*1-10(2)13(5)16(7)9-14(17)8-11(3)12(4)15-6;/h2*11,13-14,17H,1,4,8-9H2,2-3,5-7H3;1H4. The molecule has 0 spiro atoms. The summed E-state index contributed by atoms with van der Waals surface area (Å²) in [6.07, 6.45) is 0.898. The van der Waals surface area contributed by atoms with Gasteiger partial charge in [-0.2, -0.15) is 0 Å². The van der Waals surface area contributed by atoms with E-state index < -0.39 is 0 Å². The second-order valence-electron chi connectivity index (χ2n) is 10.2. The predicted molar refractivity (Wildman–Crippen MR) is 162 cm³/mol. The van der Waals surface area contributed by atoms with E-state index in [1.54, 1.807) is 0 Å². The highest BCUT2D eigenvalue weighted by Gasteiger charge is 2.18. The number of nitrogens with zero attached hydrogens (tertiary/aromatic N) is 2. The first-order valence-corrected chi connectivity index (χ1v) is 12.6. The molecule has 2 radical (unpaired) electrons. The third kappa shape index (κ3) is 17.1. The third-order valence-corrected chi connectivity index (χ3v) is 7.00. The van der Waals surface area contributed by atoms with Crippen molar-refractivity contribution in [3.05, 3.63) is 48.4 Å². The number of likely N-dealkylation sites (N-methyl/N-ethyl adjacent to an activating group) is 2. The summed E-state index contributed by atoms with van der Waals surface area (Å²) in [4.78, 5) is 4.27. The first-order valence-electron chi connectivity index (χ1n) is 12.6. The zero-order valence-corrected chi connectivity index (χ0v) is 24.1. The average Bonchev–Trinajstić information content (AvgIpc) is 2.76. The first-order chi connectivity index (χ1) is 15.6. The summed E-state index contributed by atoms with van der Waals surface area (Å²) in [6, 6.07) is 0.613. The van der Waals surface area contributed by atoms with Crippen LogP contribution in [0.1, 0.15) is 61.8 Å². The topological polar surface area (TPSA) is 46.9 Å². The fourth-order valence-electron chi connectivity index (χ4n) is 3.57. The van der Waals surface area contributed by atoms with Crippen LogP contribution in [0.15, 0.2) is 48.4 Å². The number of hydrogen-bond acceptors (Lipinski definition) is 4. The van der Waals surface area contributed by atoms with E-state index in [9.17, 15) is 10.2 Å². The molecule has 0 rings (SSSR count). The molecule has 0 amide bonds. The Bertz CT molecular complexity index is 584. The summed E-state index contributed by atoms with van der Waals surface area (Å²) in [7, 11) is 8.07. The van der Waals surface area contributed by atoms with E-state index in [2.05, 4.69) is 63.8 Å². The number of hydrogen-bond donors (Lipinski definition) is 2. The smallest absolute Gasteiger partial charge is 0.142 e. The monoisotopic (exact) mass is 488 g/mol. The molecular weight excluding hydrogens is 430 g/mol. The molecule has 6 atom stereocenters. The molecule has 6 unspecified atom stereocenters. The normalized spacial score (nSPS) is 15.9. The molecule has 2 N–H and O–H groups in total. The quantitative estimate of drug-likeness (QED) is 0.216. The number of aliphatic hydroxyl groups is 2. The molecule has 0 aliphatic heterocycles. The van der Waals surface area contributed by atoms with Gasteiger partial charge in [0.1, 0.15) is 14.6 Å². The van der Waals surface area contributed by atoms with E-state index in [4.69, 9.17) is 0 Å². The summed E-state index contributed by atoms with van der Waals surface area (Å²) in [6.45, 7) is 33.6. The van der Waals surface area contributed by atoms with Crippen molar-refractivity contribution in [1.29, 1.82) is 0 Å². The van der Waals surface area contributed by atoms with E-state index in [0.29, 0.717) is 37.0 Å². The van der Waals surface area contributed by atoms with Crippen LogP contribution in [0.5, 0.6) is 0 Å². The highest BCUT2D eigenvalue weighted by Crippen LogP contribution is 2.17. The Hall–Kier alpha value is -1.07. The van der Waals surface area contributed by atoms with Crippen molar-refractivity contribution in [2.75, 3.05) is 27.2 Å². The molecular formula is C29H58B2N2O2. The summed E-state index contributed by atoms with van der Waals surface area (Å²) < 4.78 is 0. The minimum atomic E-state index is -0.312. The van der Waals surface area contributed by atoms with Gasteiger partial charge in [0, 0.05) is 25.2 Å². The zero-order valence-electron chi connectivity index (χ0n) is 24.1. The molecule has 35 heavy (non-hydrogen) atoms. The lowest BCUT2D eigenvalue weighted by Crippen LogP contribution is -2.37. The van der Waals surface area contributed by atoms with Crippen molar-refractivity contribution in [3.8, 4) is 0 Å². The van der Waals surface area contributed by atoms with Crippen LogP contribution in [-0.2, 0) is 0 Å². The van der Waals surface area contributed by atoms with Gasteiger partial charge in [-0.05, 0) is 66.5 Å². The van der Waals surface area contributed by atoms with Gasteiger partial charge in [-0.3, -0.25) is 9.80 Å². The maximum Gasteiger partial charge on any atom is 0.142 e. The van der Waals surface area contributed by atoms with Crippen LogP contribution in [0.4, 0.5) is 0 Å². The van der Waals surface area contributed by atoms with Crippen LogP contribution < -0.4 is 0 Å². The highest BCUT2D eigenvalue weighted by molar-refractivity contribution is 6.43. The molecule has 0 heterocycles. The Morgan fingerprint density at radius 3 is 1.14 bits per heavy atom. The van der Waals surface area contributed by atoms with Crippen LogP contribution in [0.2, 0.25) is 13.6 Å². The van der Waals surface area contributed by atoms with Gasteiger partial charge in [-0.25, -0.2) is 0 Å². The highest BCUT2D eigenvalue weighted by atomic mass is 16.3. The Morgan fingerprint density at radius 2 is 0.943 bits per heavy atom. The van der Waals surface area contributed by atoms with Crippen molar-refractivity contribution in [2.45, 2.75) is 99.7 Å². The summed E-state index contributed by atoms with van der Waals surface area (Å²) in [5.41, 5.74) is 4.44. The summed E-state index contributed by atoms with van der Waals surface area (Å²) >= 11 is 0. The Labute approximate surface area is 221 Å². The van der Waals surface area contributed by atoms with E-state index in [0.717, 1.165) is 34.9 Å². The maximum atomic E-state index is 10.0. The van der Waals surface area contributed by atoms with Gasteiger partial charge in [-0.1, -0.05) is 59.2 Å². The van der Waals surface area contributed by atoms with Crippen molar-refractivity contribution >= 4 is 14.6 Å². The van der Waals surface area contributed by atoms with Crippen LogP contribution >= 0.6 is 0 Å². The molecule has 0 fully saturated rings. The summed E-state index contributed by atoms with van der Waals surface area (Å²) in [5.74, 6) is 0.673. The van der Waals surface area contributed by atoms with Crippen molar-refractivity contribution in [2.24, 2.45) is 11.8 Å². The molecule has 202 valence electrons. The van der Waals surface area contributed by atoms with Gasteiger partial charge in [-0.15, -0.1) is 24.1 Å². The van der Waals surface area contributed by atoms with Gasteiger partial charge in [0.25, 0.3) is 0 Å². The predicted octanol–water partition coefficient (Wildman–Crippen LogP) is 5.71. The van der Waals surface area contributed by atoms with Gasteiger partial charge >= 0.3 is 0 Å². The molecule has 0 aliphatic carbocycles. The van der Waals surface area contributed by atoms with Gasteiger partial charge < -0.3 is 10.2 Å². The maximum absolute atomic E-state index is 10.0. The Morgan fingerprint density at radius 1 is 0.686 bits per heavy atom. The van der Waals surface area contributed by atoms with Crippen molar-refractivity contribution < 1.29 is 10.2 Å². The second-order valence-corrected chi connectivity index (χ2v) is 10.2. The van der Waals surface area contributed by atoms with Crippen LogP contribution in [0.3, 0.4) is 0 Å². The molecule has 0 aromatic carbocycles. The average molecular weight is 488 g/mol. The second kappa shape index (κ2) is 20.0. The molecule has 4 nitrogen and oxygen atoms in total. The third-order valence-electron chi connectivity index (χ3n) is 7.00.